The Morgan fingerprint density at radius 3 is 2.44 bits per heavy atom. The summed E-state index contributed by atoms with van der Waals surface area (Å²) >= 11 is 6.64. The highest BCUT2D eigenvalue weighted by atomic mass is 35.5. The van der Waals surface area contributed by atoms with Crippen molar-refractivity contribution in [3.05, 3.63) is 136 Å². The molecule has 0 saturated heterocycles. The largest absolute Gasteiger partial charge is 0.466 e. The minimum atomic E-state index is -1.32. The molecule has 5 aromatic rings. The number of fused-ring (bicyclic) bond motifs is 6. The molecule has 2 aliphatic rings. The molecule has 0 unspecified atom stereocenters. The molecular formula is C35H29ClN2O3. The van der Waals surface area contributed by atoms with Crippen LogP contribution in [0.15, 0.2) is 103 Å². The molecule has 41 heavy (non-hydrogen) atoms. The second-order valence-corrected chi connectivity index (χ2v) is 11.2. The van der Waals surface area contributed by atoms with Crippen molar-refractivity contribution in [1.82, 2.24) is 4.98 Å². The van der Waals surface area contributed by atoms with E-state index in [1.165, 1.54) is 0 Å². The number of para-hydroxylation sites is 1. The molecule has 0 saturated carbocycles. The Hall–Kier alpha value is -4.35. The molecule has 0 fully saturated rings. The van der Waals surface area contributed by atoms with Crippen molar-refractivity contribution in [2.24, 2.45) is 5.92 Å². The number of halogens is 1. The van der Waals surface area contributed by atoms with Crippen LogP contribution in [0.5, 0.6) is 0 Å². The van der Waals surface area contributed by atoms with Gasteiger partial charge in [-0.2, -0.15) is 0 Å². The van der Waals surface area contributed by atoms with E-state index >= 15 is 4.79 Å². The second-order valence-electron chi connectivity index (χ2n) is 10.8. The first-order chi connectivity index (χ1) is 20.0. The molecule has 0 radical (unpaired) electrons. The highest BCUT2D eigenvalue weighted by Crippen LogP contribution is 2.60. The van der Waals surface area contributed by atoms with E-state index in [1.807, 2.05) is 89.8 Å². The quantitative estimate of drug-likeness (QED) is 0.228. The van der Waals surface area contributed by atoms with Gasteiger partial charge >= 0.3 is 5.97 Å². The predicted molar refractivity (Wildman–Crippen MR) is 161 cm³/mol. The van der Waals surface area contributed by atoms with Gasteiger partial charge < -0.3 is 14.6 Å². The summed E-state index contributed by atoms with van der Waals surface area (Å²) in [5.74, 6) is -1.39. The fraction of sp³-hybridized carbons (Fsp3) is 0.200. The van der Waals surface area contributed by atoms with E-state index in [-0.39, 0.29) is 24.4 Å². The van der Waals surface area contributed by atoms with Crippen LogP contribution < -0.4 is 4.90 Å². The molecule has 1 N–H and O–H groups in total. The standard InChI is InChI=1S/C35H29ClN2O3/c1-2-41-33(39)28-20-26(23-13-7-4-8-14-23)31-25-15-9-10-16-29(25)37-32(31)35(28)27-19-24(36)17-18-30(27)38(34(35)40)21-22-11-5-3-6-12-22/h3-19,26,28,37H,2,20-21H2,1H3/t26-,28+,35+/m0/s1. The molecule has 4 aromatic carbocycles. The van der Waals surface area contributed by atoms with Crippen LogP contribution in [0.2, 0.25) is 5.02 Å². The number of H-pyrrole nitrogens is 1. The van der Waals surface area contributed by atoms with Crippen LogP contribution in [-0.2, 0) is 26.3 Å². The summed E-state index contributed by atoms with van der Waals surface area (Å²) in [6.45, 7) is 2.41. The van der Waals surface area contributed by atoms with Crippen molar-refractivity contribution in [2.75, 3.05) is 11.5 Å². The van der Waals surface area contributed by atoms with Crippen molar-refractivity contribution in [3.8, 4) is 0 Å². The van der Waals surface area contributed by atoms with Crippen LogP contribution >= 0.6 is 11.6 Å². The maximum atomic E-state index is 15.1. The van der Waals surface area contributed by atoms with Crippen LogP contribution in [0, 0.1) is 5.92 Å². The monoisotopic (exact) mass is 560 g/mol. The van der Waals surface area contributed by atoms with Gasteiger partial charge in [0.2, 0.25) is 5.91 Å². The Kier molecular flexibility index (Phi) is 6.20. The van der Waals surface area contributed by atoms with Gasteiger partial charge in [-0.15, -0.1) is 0 Å². The number of rotatable bonds is 5. The van der Waals surface area contributed by atoms with Crippen LogP contribution in [0.25, 0.3) is 10.9 Å². The minimum Gasteiger partial charge on any atom is -0.466 e. The topological polar surface area (TPSA) is 62.4 Å². The van der Waals surface area contributed by atoms with E-state index in [9.17, 15) is 4.79 Å². The highest BCUT2D eigenvalue weighted by molar-refractivity contribution is 6.31. The van der Waals surface area contributed by atoms with E-state index in [1.54, 1.807) is 6.92 Å². The van der Waals surface area contributed by atoms with E-state index < -0.39 is 11.3 Å². The van der Waals surface area contributed by atoms with E-state index in [2.05, 4.69) is 23.2 Å². The first kappa shape index (κ1) is 25.6. The molecule has 1 aliphatic heterocycles. The molecule has 1 amide bonds. The van der Waals surface area contributed by atoms with Gasteiger partial charge in [0.05, 0.1) is 19.1 Å². The third-order valence-electron chi connectivity index (χ3n) is 8.70. The highest BCUT2D eigenvalue weighted by Gasteiger charge is 2.64. The number of ether oxygens (including phenoxy) is 1. The third-order valence-corrected chi connectivity index (χ3v) is 8.93. The Labute approximate surface area is 243 Å². The Bertz CT molecular complexity index is 1780. The smallest absolute Gasteiger partial charge is 0.310 e. The number of carbonyl (C=O) groups excluding carboxylic acids is 2. The zero-order valence-electron chi connectivity index (χ0n) is 22.6. The number of aromatic nitrogens is 1. The lowest BCUT2D eigenvalue weighted by atomic mass is 9.59. The maximum Gasteiger partial charge on any atom is 0.310 e. The lowest BCUT2D eigenvalue weighted by molar-refractivity contribution is -0.153. The van der Waals surface area contributed by atoms with Crippen molar-refractivity contribution in [3.63, 3.8) is 0 Å². The number of amides is 1. The van der Waals surface area contributed by atoms with Crippen molar-refractivity contribution in [2.45, 2.75) is 31.2 Å². The van der Waals surface area contributed by atoms with Gasteiger partial charge in [-0.3, -0.25) is 9.59 Å². The average Bonchev–Trinajstić information content (AvgIpc) is 3.49. The maximum absolute atomic E-state index is 15.1. The summed E-state index contributed by atoms with van der Waals surface area (Å²) in [6.07, 6.45) is 0.425. The molecule has 0 bridgehead atoms. The molecule has 204 valence electrons. The lowest BCUT2D eigenvalue weighted by Gasteiger charge is -2.42. The van der Waals surface area contributed by atoms with Crippen LogP contribution in [0.4, 0.5) is 5.69 Å². The summed E-state index contributed by atoms with van der Waals surface area (Å²) in [6, 6.07) is 33.9. The fourth-order valence-corrected chi connectivity index (χ4v) is 7.22. The number of carbonyl (C=O) groups is 2. The molecule has 1 aliphatic carbocycles. The number of hydrogen-bond acceptors (Lipinski definition) is 3. The van der Waals surface area contributed by atoms with Crippen LogP contribution in [-0.4, -0.2) is 23.5 Å². The number of aromatic amines is 1. The molecule has 3 atom stereocenters. The molecule has 5 nitrogen and oxygen atoms in total. The third kappa shape index (κ3) is 3.83. The number of nitrogens with zero attached hydrogens (tertiary/aromatic N) is 1. The summed E-state index contributed by atoms with van der Waals surface area (Å²) in [5, 5.41) is 1.57. The van der Waals surface area contributed by atoms with Gasteiger partial charge in [0, 0.05) is 33.2 Å². The molecule has 2 heterocycles. The van der Waals surface area contributed by atoms with Gasteiger partial charge in [-0.05, 0) is 59.9 Å². The Balaban J connectivity index is 1.55. The van der Waals surface area contributed by atoms with Gasteiger partial charge in [-0.25, -0.2) is 0 Å². The summed E-state index contributed by atoms with van der Waals surface area (Å²) in [7, 11) is 0. The van der Waals surface area contributed by atoms with Crippen molar-refractivity contribution in [1.29, 1.82) is 0 Å². The molecule has 1 spiro atoms. The number of benzene rings is 4. The number of anilines is 1. The molecular weight excluding hydrogens is 532 g/mol. The van der Waals surface area contributed by atoms with Crippen molar-refractivity contribution < 1.29 is 14.3 Å². The number of nitrogens with one attached hydrogen (secondary N) is 1. The van der Waals surface area contributed by atoms with E-state index in [0.717, 1.165) is 44.5 Å². The normalized spacial score (nSPS) is 21.2. The van der Waals surface area contributed by atoms with Crippen LogP contribution in [0.3, 0.4) is 0 Å². The minimum absolute atomic E-state index is 0.110. The SMILES string of the molecule is CCOC(=O)[C@H]1C[C@@H](c2ccccc2)c2c([nH]c3ccccc23)[C@]12C(=O)N(Cc1ccccc1)c1ccc(Cl)cc12. The van der Waals surface area contributed by atoms with E-state index in [4.69, 9.17) is 16.3 Å². The van der Waals surface area contributed by atoms with E-state index in [0.29, 0.717) is 18.0 Å². The first-order valence-electron chi connectivity index (χ1n) is 14.0. The van der Waals surface area contributed by atoms with Gasteiger partial charge in [0.15, 0.2) is 0 Å². The Morgan fingerprint density at radius 2 is 1.68 bits per heavy atom. The predicted octanol–water partition coefficient (Wildman–Crippen LogP) is 7.37. The molecule has 1 aromatic heterocycles. The van der Waals surface area contributed by atoms with Crippen molar-refractivity contribution >= 4 is 40.1 Å². The zero-order chi connectivity index (χ0) is 28.1. The summed E-state index contributed by atoms with van der Waals surface area (Å²) in [5.41, 5.74) is 5.01. The van der Waals surface area contributed by atoms with Crippen LogP contribution in [0.1, 0.15) is 47.2 Å². The number of hydrogen-bond donors (Lipinski definition) is 1. The summed E-state index contributed by atoms with van der Waals surface area (Å²) < 4.78 is 5.73. The Morgan fingerprint density at radius 1 is 0.976 bits per heavy atom. The number of esters is 1. The molecule has 6 heteroatoms. The van der Waals surface area contributed by atoms with Gasteiger partial charge in [0.1, 0.15) is 5.41 Å². The van der Waals surface area contributed by atoms with Gasteiger partial charge in [-0.1, -0.05) is 90.5 Å². The summed E-state index contributed by atoms with van der Waals surface area (Å²) in [4.78, 5) is 34.6. The first-order valence-corrected chi connectivity index (χ1v) is 14.4. The molecule has 7 rings (SSSR count). The second kappa shape index (κ2) is 9.93. The fourth-order valence-electron chi connectivity index (χ4n) is 7.04. The lowest BCUT2D eigenvalue weighted by Crippen LogP contribution is -2.52. The average molecular weight is 561 g/mol. The zero-order valence-corrected chi connectivity index (χ0v) is 23.4. The van der Waals surface area contributed by atoms with Gasteiger partial charge in [0.25, 0.3) is 0 Å².